The van der Waals surface area contributed by atoms with Crippen LogP contribution in [0.1, 0.15) is 18.1 Å². The van der Waals surface area contributed by atoms with Gasteiger partial charge in [0.15, 0.2) is 6.10 Å². The molecule has 24 heavy (non-hydrogen) atoms. The molecule has 0 saturated heterocycles. The summed E-state index contributed by atoms with van der Waals surface area (Å²) in [5.41, 5.74) is 2.21. The molecule has 1 atom stereocenters. The van der Waals surface area contributed by atoms with E-state index in [0.717, 1.165) is 11.1 Å². The maximum Gasteiger partial charge on any atom is 0.260 e. The molecule has 128 valence electrons. The quantitative estimate of drug-likeness (QED) is 0.772. The molecule has 0 spiro atoms. The van der Waals surface area contributed by atoms with E-state index in [1.54, 1.807) is 31.2 Å². The van der Waals surface area contributed by atoms with E-state index >= 15 is 0 Å². The monoisotopic (exact) mass is 347 g/mol. The molecule has 5 heteroatoms. The molecule has 2 aromatic carbocycles. The third kappa shape index (κ3) is 5.78. The predicted molar refractivity (Wildman–Crippen MR) is 96.0 cm³/mol. The van der Waals surface area contributed by atoms with Crippen LogP contribution in [0.5, 0.6) is 11.5 Å². The fourth-order valence-electron chi connectivity index (χ4n) is 2.28. The average molecular weight is 348 g/mol. The third-order valence-electron chi connectivity index (χ3n) is 3.36. The van der Waals surface area contributed by atoms with Crippen LogP contribution in [-0.2, 0) is 4.79 Å². The van der Waals surface area contributed by atoms with Gasteiger partial charge in [-0.3, -0.25) is 4.79 Å². The number of carbonyl (C=O) groups is 1. The fourth-order valence-corrected chi connectivity index (χ4v) is 2.40. The van der Waals surface area contributed by atoms with Crippen molar-refractivity contribution < 1.29 is 14.3 Å². The Morgan fingerprint density at radius 2 is 1.71 bits per heavy atom. The normalized spacial score (nSPS) is 11.7. The molecule has 0 aromatic heterocycles. The highest BCUT2D eigenvalue weighted by Crippen LogP contribution is 2.18. The largest absolute Gasteiger partial charge is 0.492 e. The molecule has 1 amide bonds. The Hall–Kier alpha value is -2.20. The van der Waals surface area contributed by atoms with Crippen LogP contribution in [0.2, 0.25) is 5.02 Å². The molecule has 0 heterocycles. The molecule has 0 aliphatic heterocycles. The lowest BCUT2D eigenvalue weighted by atomic mass is 10.1. The molecule has 1 N–H and O–H groups in total. The molecule has 0 aliphatic rings. The lowest BCUT2D eigenvalue weighted by Crippen LogP contribution is -2.38. The maximum atomic E-state index is 12.1. The van der Waals surface area contributed by atoms with Crippen molar-refractivity contribution in [2.45, 2.75) is 26.9 Å². The molecule has 0 fully saturated rings. The van der Waals surface area contributed by atoms with E-state index < -0.39 is 6.10 Å². The summed E-state index contributed by atoms with van der Waals surface area (Å²) >= 11 is 5.81. The summed E-state index contributed by atoms with van der Waals surface area (Å²) in [6.45, 7) is 6.51. The van der Waals surface area contributed by atoms with E-state index in [1.807, 2.05) is 26.0 Å². The number of nitrogens with one attached hydrogen (secondary N) is 1. The minimum absolute atomic E-state index is 0.172. The average Bonchev–Trinajstić information content (AvgIpc) is 2.52. The second-order valence-electron chi connectivity index (χ2n) is 5.68. The summed E-state index contributed by atoms with van der Waals surface area (Å²) in [4.78, 5) is 12.1. The lowest BCUT2D eigenvalue weighted by Gasteiger charge is -2.16. The first-order chi connectivity index (χ1) is 11.4. The Morgan fingerprint density at radius 3 is 2.33 bits per heavy atom. The zero-order chi connectivity index (χ0) is 17.5. The first kappa shape index (κ1) is 18.1. The second-order valence-corrected chi connectivity index (χ2v) is 6.11. The second kappa shape index (κ2) is 8.60. The molecule has 0 saturated carbocycles. The Morgan fingerprint density at radius 1 is 1.08 bits per heavy atom. The Balaban J connectivity index is 1.74. The minimum Gasteiger partial charge on any atom is -0.492 e. The molecule has 0 bridgehead atoms. The molecule has 0 aliphatic carbocycles. The van der Waals surface area contributed by atoms with Gasteiger partial charge in [0.1, 0.15) is 18.1 Å². The highest BCUT2D eigenvalue weighted by Gasteiger charge is 2.14. The number of carbonyl (C=O) groups excluding carboxylic acids is 1. The topological polar surface area (TPSA) is 47.6 Å². The van der Waals surface area contributed by atoms with Crippen LogP contribution in [0.25, 0.3) is 0 Å². The maximum absolute atomic E-state index is 12.1. The van der Waals surface area contributed by atoms with Gasteiger partial charge in [0.05, 0.1) is 6.54 Å². The van der Waals surface area contributed by atoms with Crippen molar-refractivity contribution in [3.8, 4) is 11.5 Å². The van der Waals surface area contributed by atoms with E-state index in [0.29, 0.717) is 29.7 Å². The summed E-state index contributed by atoms with van der Waals surface area (Å²) in [5.74, 6) is 1.25. The van der Waals surface area contributed by atoms with Crippen LogP contribution < -0.4 is 14.8 Å². The number of halogens is 1. The standard InChI is InChI=1S/C19H22ClNO3/c1-13-10-14(2)12-18(11-13)24-15(3)19(22)21-8-9-23-17-6-4-16(20)5-7-17/h4-7,10-12,15H,8-9H2,1-3H3,(H,21,22). The summed E-state index contributed by atoms with van der Waals surface area (Å²) in [7, 11) is 0. The van der Waals surface area contributed by atoms with Crippen molar-refractivity contribution in [2.75, 3.05) is 13.2 Å². The highest BCUT2D eigenvalue weighted by molar-refractivity contribution is 6.30. The molecule has 1 unspecified atom stereocenters. The van der Waals surface area contributed by atoms with Gasteiger partial charge in [0, 0.05) is 5.02 Å². The number of benzene rings is 2. The van der Waals surface area contributed by atoms with Gasteiger partial charge in [-0.25, -0.2) is 0 Å². The predicted octanol–water partition coefficient (Wildman–Crippen LogP) is 3.92. The summed E-state index contributed by atoms with van der Waals surface area (Å²) in [6, 6.07) is 13.0. The lowest BCUT2D eigenvalue weighted by molar-refractivity contribution is -0.127. The van der Waals surface area contributed by atoms with E-state index in [2.05, 4.69) is 11.4 Å². The van der Waals surface area contributed by atoms with Gasteiger partial charge in [0.2, 0.25) is 0 Å². The first-order valence-corrected chi connectivity index (χ1v) is 8.23. The van der Waals surface area contributed by atoms with E-state index in [9.17, 15) is 4.79 Å². The number of hydrogen-bond acceptors (Lipinski definition) is 3. The number of aryl methyl sites for hydroxylation is 2. The van der Waals surface area contributed by atoms with Gasteiger partial charge in [-0.05, 0) is 68.3 Å². The van der Waals surface area contributed by atoms with Crippen molar-refractivity contribution in [3.05, 3.63) is 58.6 Å². The number of ether oxygens (including phenoxy) is 2. The van der Waals surface area contributed by atoms with E-state index in [1.165, 1.54) is 0 Å². The smallest absolute Gasteiger partial charge is 0.260 e. The summed E-state index contributed by atoms with van der Waals surface area (Å²) in [6.07, 6.45) is -0.568. The third-order valence-corrected chi connectivity index (χ3v) is 3.61. The van der Waals surface area contributed by atoms with Gasteiger partial charge in [-0.1, -0.05) is 17.7 Å². The SMILES string of the molecule is Cc1cc(C)cc(OC(C)C(=O)NCCOc2ccc(Cl)cc2)c1. The van der Waals surface area contributed by atoms with Crippen LogP contribution in [-0.4, -0.2) is 25.2 Å². The van der Waals surface area contributed by atoms with Crippen LogP contribution in [0, 0.1) is 13.8 Å². The molecule has 2 rings (SSSR count). The Labute approximate surface area is 147 Å². The van der Waals surface area contributed by atoms with Gasteiger partial charge in [-0.15, -0.1) is 0 Å². The molecule has 0 radical (unpaired) electrons. The zero-order valence-electron chi connectivity index (χ0n) is 14.1. The first-order valence-electron chi connectivity index (χ1n) is 7.85. The summed E-state index contributed by atoms with van der Waals surface area (Å²) < 4.78 is 11.2. The molecular formula is C19H22ClNO3. The minimum atomic E-state index is -0.568. The summed E-state index contributed by atoms with van der Waals surface area (Å²) in [5, 5.41) is 3.46. The molecule has 2 aromatic rings. The Kier molecular flexibility index (Phi) is 6.50. The van der Waals surface area contributed by atoms with Crippen molar-refractivity contribution in [1.82, 2.24) is 5.32 Å². The molecule has 4 nitrogen and oxygen atoms in total. The zero-order valence-corrected chi connectivity index (χ0v) is 14.9. The van der Waals surface area contributed by atoms with Crippen LogP contribution in [0.15, 0.2) is 42.5 Å². The number of hydrogen-bond donors (Lipinski definition) is 1. The van der Waals surface area contributed by atoms with Gasteiger partial charge in [0.25, 0.3) is 5.91 Å². The van der Waals surface area contributed by atoms with Crippen LogP contribution >= 0.6 is 11.6 Å². The van der Waals surface area contributed by atoms with Gasteiger partial charge in [-0.2, -0.15) is 0 Å². The van der Waals surface area contributed by atoms with Crippen molar-refractivity contribution in [3.63, 3.8) is 0 Å². The van der Waals surface area contributed by atoms with Crippen LogP contribution in [0.4, 0.5) is 0 Å². The van der Waals surface area contributed by atoms with E-state index in [-0.39, 0.29) is 5.91 Å². The fraction of sp³-hybridized carbons (Fsp3) is 0.316. The van der Waals surface area contributed by atoms with E-state index in [4.69, 9.17) is 21.1 Å². The highest BCUT2D eigenvalue weighted by atomic mass is 35.5. The van der Waals surface area contributed by atoms with Crippen LogP contribution in [0.3, 0.4) is 0 Å². The molecular weight excluding hydrogens is 326 g/mol. The van der Waals surface area contributed by atoms with Crippen molar-refractivity contribution >= 4 is 17.5 Å². The van der Waals surface area contributed by atoms with Crippen molar-refractivity contribution in [2.24, 2.45) is 0 Å². The number of amides is 1. The van der Waals surface area contributed by atoms with Crippen molar-refractivity contribution in [1.29, 1.82) is 0 Å². The van der Waals surface area contributed by atoms with Gasteiger partial charge >= 0.3 is 0 Å². The van der Waals surface area contributed by atoms with Gasteiger partial charge < -0.3 is 14.8 Å². The Bertz CT molecular complexity index is 665. The number of rotatable bonds is 7.